The first-order valence-corrected chi connectivity index (χ1v) is 7.61. The Kier molecular flexibility index (Phi) is 5.38. The van der Waals surface area contributed by atoms with Crippen molar-refractivity contribution >= 4 is 17.8 Å². The number of rotatable bonds is 7. The molecule has 2 N–H and O–H groups in total. The van der Waals surface area contributed by atoms with Crippen LogP contribution in [0.15, 0.2) is 0 Å². The smallest absolute Gasteiger partial charge is 0.231 e. The van der Waals surface area contributed by atoms with Gasteiger partial charge in [-0.15, -0.1) is 0 Å². The van der Waals surface area contributed by atoms with Crippen LogP contribution in [0.3, 0.4) is 0 Å². The number of anilines is 3. The average Bonchev–Trinajstić information content (AvgIpc) is 2.97. The van der Waals surface area contributed by atoms with E-state index in [0.29, 0.717) is 11.9 Å². The van der Waals surface area contributed by atoms with Crippen molar-refractivity contribution in [1.29, 1.82) is 0 Å². The molecule has 1 aliphatic heterocycles. The minimum atomic E-state index is 0.633. The predicted molar refractivity (Wildman–Crippen MR) is 83.4 cm³/mol. The fourth-order valence-electron chi connectivity index (χ4n) is 2.32. The third-order valence-electron chi connectivity index (χ3n) is 3.48. The second-order valence-electron chi connectivity index (χ2n) is 5.69. The van der Waals surface area contributed by atoms with Crippen LogP contribution < -0.4 is 15.5 Å². The standard InChI is InChI=1S/C14H26N6/c1-11(2)7-6-8-16-13-17-12(15-3)18-14(19-13)20-9-4-5-10-20/h11H,4-10H2,1-3H3,(H2,15,16,17,18,19). The van der Waals surface area contributed by atoms with Gasteiger partial charge in [0, 0.05) is 26.7 Å². The third-order valence-corrected chi connectivity index (χ3v) is 3.48. The summed E-state index contributed by atoms with van der Waals surface area (Å²) in [6.45, 7) is 7.48. The Morgan fingerprint density at radius 3 is 2.45 bits per heavy atom. The molecule has 0 aliphatic carbocycles. The minimum Gasteiger partial charge on any atom is -0.357 e. The molecular weight excluding hydrogens is 252 g/mol. The van der Waals surface area contributed by atoms with Gasteiger partial charge in [0.1, 0.15) is 0 Å². The fraction of sp³-hybridized carbons (Fsp3) is 0.786. The summed E-state index contributed by atoms with van der Waals surface area (Å²) in [5.41, 5.74) is 0. The molecular formula is C14H26N6. The number of aromatic nitrogens is 3. The maximum atomic E-state index is 4.53. The van der Waals surface area contributed by atoms with E-state index in [0.717, 1.165) is 37.9 Å². The van der Waals surface area contributed by atoms with Crippen molar-refractivity contribution < 1.29 is 0 Å². The van der Waals surface area contributed by atoms with Crippen molar-refractivity contribution in [2.45, 2.75) is 39.5 Å². The normalized spacial score (nSPS) is 14.9. The highest BCUT2D eigenvalue weighted by atomic mass is 15.3. The van der Waals surface area contributed by atoms with Crippen molar-refractivity contribution in [3.8, 4) is 0 Å². The summed E-state index contributed by atoms with van der Waals surface area (Å²) in [6.07, 6.45) is 4.79. The molecule has 112 valence electrons. The van der Waals surface area contributed by atoms with Gasteiger partial charge in [-0.25, -0.2) is 0 Å². The van der Waals surface area contributed by atoms with Crippen LogP contribution in [-0.2, 0) is 0 Å². The van der Waals surface area contributed by atoms with Crippen LogP contribution in [0.4, 0.5) is 17.8 Å². The van der Waals surface area contributed by atoms with Crippen LogP contribution in [0.5, 0.6) is 0 Å². The van der Waals surface area contributed by atoms with E-state index in [2.05, 4.69) is 44.3 Å². The first kappa shape index (κ1) is 14.8. The van der Waals surface area contributed by atoms with Crippen LogP contribution in [-0.4, -0.2) is 41.6 Å². The molecule has 0 aromatic carbocycles. The van der Waals surface area contributed by atoms with Gasteiger partial charge >= 0.3 is 0 Å². The molecule has 1 aromatic rings. The maximum Gasteiger partial charge on any atom is 0.231 e. The maximum absolute atomic E-state index is 4.53. The summed E-state index contributed by atoms with van der Waals surface area (Å²) in [5.74, 6) is 2.83. The Morgan fingerprint density at radius 2 is 1.80 bits per heavy atom. The molecule has 6 nitrogen and oxygen atoms in total. The van der Waals surface area contributed by atoms with Gasteiger partial charge in [0.2, 0.25) is 17.8 Å². The highest BCUT2D eigenvalue weighted by molar-refractivity contribution is 5.43. The summed E-state index contributed by atoms with van der Waals surface area (Å²) >= 11 is 0. The van der Waals surface area contributed by atoms with Crippen LogP contribution in [0.25, 0.3) is 0 Å². The lowest BCUT2D eigenvalue weighted by Gasteiger charge is -2.16. The molecule has 6 heteroatoms. The van der Waals surface area contributed by atoms with E-state index in [4.69, 9.17) is 0 Å². The Labute approximate surface area is 121 Å². The van der Waals surface area contributed by atoms with Gasteiger partial charge in [0.25, 0.3) is 0 Å². The molecule has 0 bridgehead atoms. The van der Waals surface area contributed by atoms with E-state index in [1.165, 1.54) is 19.3 Å². The lowest BCUT2D eigenvalue weighted by molar-refractivity contribution is 0.566. The topological polar surface area (TPSA) is 66.0 Å². The Hall–Kier alpha value is -1.59. The molecule has 0 unspecified atom stereocenters. The largest absolute Gasteiger partial charge is 0.357 e. The Morgan fingerprint density at radius 1 is 1.10 bits per heavy atom. The summed E-state index contributed by atoms with van der Waals surface area (Å²) < 4.78 is 0. The van der Waals surface area contributed by atoms with Crippen LogP contribution in [0.1, 0.15) is 39.5 Å². The van der Waals surface area contributed by atoms with E-state index in [-0.39, 0.29) is 0 Å². The zero-order valence-electron chi connectivity index (χ0n) is 12.8. The zero-order chi connectivity index (χ0) is 14.4. The van der Waals surface area contributed by atoms with Crippen molar-refractivity contribution in [3.63, 3.8) is 0 Å². The first-order valence-electron chi connectivity index (χ1n) is 7.61. The highest BCUT2D eigenvalue weighted by Crippen LogP contribution is 2.18. The molecule has 1 aliphatic rings. The van der Waals surface area contributed by atoms with Crippen LogP contribution in [0, 0.1) is 5.92 Å². The average molecular weight is 278 g/mol. The molecule has 2 rings (SSSR count). The molecule has 0 spiro atoms. The van der Waals surface area contributed by atoms with E-state index in [1.54, 1.807) is 0 Å². The van der Waals surface area contributed by atoms with Gasteiger partial charge in [-0.2, -0.15) is 15.0 Å². The minimum absolute atomic E-state index is 0.633. The first-order chi connectivity index (χ1) is 9.69. The zero-order valence-corrected chi connectivity index (χ0v) is 12.8. The lowest BCUT2D eigenvalue weighted by Crippen LogP contribution is -2.22. The molecule has 0 amide bonds. The van der Waals surface area contributed by atoms with Crippen LogP contribution in [0.2, 0.25) is 0 Å². The molecule has 2 heterocycles. The Balaban J connectivity index is 1.98. The van der Waals surface area contributed by atoms with Gasteiger partial charge in [0.15, 0.2) is 0 Å². The number of hydrogen-bond acceptors (Lipinski definition) is 6. The van der Waals surface area contributed by atoms with E-state index in [9.17, 15) is 0 Å². The summed E-state index contributed by atoms with van der Waals surface area (Å²) in [7, 11) is 1.84. The second kappa shape index (κ2) is 7.26. The summed E-state index contributed by atoms with van der Waals surface area (Å²) in [4.78, 5) is 15.6. The van der Waals surface area contributed by atoms with E-state index in [1.807, 2.05) is 7.05 Å². The van der Waals surface area contributed by atoms with Gasteiger partial charge in [-0.3, -0.25) is 0 Å². The highest BCUT2D eigenvalue weighted by Gasteiger charge is 2.16. The van der Waals surface area contributed by atoms with Crippen LogP contribution >= 0.6 is 0 Å². The van der Waals surface area contributed by atoms with Gasteiger partial charge in [-0.05, 0) is 31.6 Å². The quantitative estimate of drug-likeness (QED) is 0.746. The molecule has 0 atom stereocenters. The Bertz CT molecular complexity index is 414. The monoisotopic (exact) mass is 278 g/mol. The van der Waals surface area contributed by atoms with Crippen molar-refractivity contribution in [1.82, 2.24) is 15.0 Å². The molecule has 20 heavy (non-hydrogen) atoms. The fourth-order valence-corrected chi connectivity index (χ4v) is 2.32. The molecule has 1 aromatic heterocycles. The van der Waals surface area contributed by atoms with Gasteiger partial charge < -0.3 is 15.5 Å². The molecule has 0 radical (unpaired) electrons. The van der Waals surface area contributed by atoms with Gasteiger partial charge in [-0.1, -0.05) is 13.8 Å². The molecule has 1 fully saturated rings. The van der Waals surface area contributed by atoms with Crippen molar-refractivity contribution in [3.05, 3.63) is 0 Å². The molecule has 1 saturated heterocycles. The summed E-state index contributed by atoms with van der Waals surface area (Å²) in [5, 5.41) is 6.32. The van der Waals surface area contributed by atoms with Gasteiger partial charge in [0.05, 0.1) is 0 Å². The second-order valence-corrected chi connectivity index (χ2v) is 5.69. The summed E-state index contributed by atoms with van der Waals surface area (Å²) in [6, 6.07) is 0. The SMILES string of the molecule is CNc1nc(NCCCC(C)C)nc(N2CCCC2)n1. The van der Waals surface area contributed by atoms with Crippen molar-refractivity contribution in [2.24, 2.45) is 5.92 Å². The number of nitrogens with one attached hydrogen (secondary N) is 2. The predicted octanol–water partition coefficient (Wildman–Crippen LogP) is 2.36. The van der Waals surface area contributed by atoms with E-state index >= 15 is 0 Å². The number of hydrogen-bond donors (Lipinski definition) is 2. The van der Waals surface area contributed by atoms with Crippen molar-refractivity contribution in [2.75, 3.05) is 42.2 Å². The third kappa shape index (κ3) is 4.21. The number of nitrogens with zero attached hydrogens (tertiary/aromatic N) is 4. The van der Waals surface area contributed by atoms with E-state index < -0.39 is 0 Å². The lowest BCUT2D eigenvalue weighted by atomic mass is 10.1. The molecule has 0 saturated carbocycles.